The smallest absolute Gasteiger partial charge is 0.244 e. The van der Waals surface area contributed by atoms with Crippen molar-refractivity contribution in [1.82, 2.24) is 14.9 Å². The maximum absolute atomic E-state index is 13.1. The molecule has 1 aliphatic carbocycles. The molecule has 1 amide bonds. The van der Waals surface area contributed by atoms with Gasteiger partial charge in [-0.1, -0.05) is 54.2 Å². The summed E-state index contributed by atoms with van der Waals surface area (Å²) in [6, 6.07) is 5.06. The summed E-state index contributed by atoms with van der Waals surface area (Å²) in [6.07, 6.45) is 5.39. The van der Waals surface area contributed by atoms with Gasteiger partial charge in [0.25, 0.3) is 0 Å². The van der Waals surface area contributed by atoms with Gasteiger partial charge in [0.15, 0.2) is 5.82 Å². The number of rotatable bonds is 4. The highest BCUT2D eigenvalue weighted by atomic mass is 35.5. The summed E-state index contributed by atoms with van der Waals surface area (Å²) in [6.45, 7) is 0.804. The fourth-order valence-corrected chi connectivity index (χ4v) is 4.75. The van der Waals surface area contributed by atoms with Gasteiger partial charge in [0.2, 0.25) is 11.1 Å². The average Bonchev–Trinajstić information content (AvgIpc) is 3.12. The first-order valence-electron chi connectivity index (χ1n) is 9.10. The second kappa shape index (κ2) is 8.29. The van der Waals surface area contributed by atoms with E-state index in [1.54, 1.807) is 35.0 Å². The zero-order valence-electron chi connectivity index (χ0n) is 14.7. The van der Waals surface area contributed by atoms with E-state index in [-0.39, 0.29) is 18.4 Å². The van der Waals surface area contributed by atoms with Gasteiger partial charge < -0.3 is 4.74 Å². The van der Waals surface area contributed by atoms with Crippen LogP contribution in [0.3, 0.4) is 0 Å². The number of halogens is 2. The van der Waals surface area contributed by atoms with Gasteiger partial charge in [-0.25, -0.2) is 9.69 Å². The molecule has 2 aromatic rings. The van der Waals surface area contributed by atoms with E-state index >= 15 is 0 Å². The Labute approximate surface area is 172 Å². The Balaban J connectivity index is 1.54. The van der Waals surface area contributed by atoms with Crippen molar-refractivity contribution in [3.05, 3.63) is 34.1 Å². The summed E-state index contributed by atoms with van der Waals surface area (Å²) in [5, 5.41) is 12.0. The molecule has 1 aromatic carbocycles. The first-order valence-corrected chi connectivity index (χ1v) is 10.8. The number of fused-ring (bicyclic) bond motifs is 1. The molecule has 144 valence electrons. The highest BCUT2D eigenvalue weighted by molar-refractivity contribution is 7.99. The minimum atomic E-state index is 0.0910. The highest BCUT2D eigenvalue weighted by Crippen LogP contribution is 2.31. The number of ether oxygens (including phenoxy) is 1. The molecule has 27 heavy (non-hydrogen) atoms. The van der Waals surface area contributed by atoms with E-state index in [2.05, 4.69) is 10.2 Å². The fraction of sp³-hybridized carbons (Fsp3) is 0.500. The number of carbonyl (C=O) groups is 1. The molecule has 1 fully saturated rings. The van der Waals surface area contributed by atoms with Gasteiger partial charge in [-0.3, -0.25) is 4.79 Å². The van der Waals surface area contributed by atoms with Crippen LogP contribution in [0.5, 0.6) is 5.75 Å². The van der Waals surface area contributed by atoms with Crippen LogP contribution in [0, 0.1) is 5.92 Å². The number of hydrogen-bond donors (Lipinski definition) is 0. The van der Waals surface area contributed by atoms with Crippen molar-refractivity contribution in [2.75, 3.05) is 17.3 Å². The Morgan fingerprint density at radius 3 is 2.85 bits per heavy atom. The topological polar surface area (TPSA) is 60.3 Å². The van der Waals surface area contributed by atoms with Crippen LogP contribution in [0.2, 0.25) is 10.0 Å². The second-order valence-electron chi connectivity index (χ2n) is 6.72. The third-order valence-corrected chi connectivity index (χ3v) is 6.36. The van der Waals surface area contributed by atoms with Gasteiger partial charge in [-0.2, -0.15) is 0 Å². The molecular weight excluding hydrogens is 407 g/mol. The number of hydrogen-bond acceptors (Lipinski definition) is 5. The Morgan fingerprint density at radius 1 is 1.22 bits per heavy atom. The quantitative estimate of drug-likeness (QED) is 0.728. The normalized spacial score (nSPS) is 17.6. The van der Waals surface area contributed by atoms with Crippen LogP contribution >= 0.6 is 35.0 Å². The van der Waals surface area contributed by atoms with Crippen LogP contribution < -0.4 is 9.75 Å². The maximum atomic E-state index is 13.1. The monoisotopic (exact) mass is 426 g/mol. The van der Waals surface area contributed by atoms with Crippen LogP contribution in [0.1, 0.15) is 37.9 Å². The predicted molar refractivity (Wildman–Crippen MR) is 106 cm³/mol. The summed E-state index contributed by atoms with van der Waals surface area (Å²) in [5.74, 6) is 2.14. The van der Waals surface area contributed by atoms with Crippen LogP contribution in [0.4, 0.5) is 0 Å². The second-order valence-corrected chi connectivity index (χ2v) is 8.62. The molecule has 1 saturated carbocycles. The maximum Gasteiger partial charge on any atom is 0.244 e. The molecule has 1 aromatic heterocycles. The number of nitrogens with zero attached hydrogens (tertiary/aromatic N) is 4. The van der Waals surface area contributed by atoms with Crippen molar-refractivity contribution >= 4 is 40.9 Å². The first-order chi connectivity index (χ1) is 13.1. The molecule has 2 aliphatic rings. The van der Waals surface area contributed by atoms with Crippen molar-refractivity contribution in [2.24, 2.45) is 5.92 Å². The molecule has 4 rings (SSSR count). The molecule has 0 bridgehead atoms. The lowest BCUT2D eigenvalue weighted by Crippen LogP contribution is -2.48. The minimum absolute atomic E-state index is 0.0910. The minimum Gasteiger partial charge on any atom is -0.484 e. The summed E-state index contributed by atoms with van der Waals surface area (Å²) in [7, 11) is 0. The Morgan fingerprint density at radius 2 is 2.04 bits per heavy atom. The predicted octanol–water partition coefficient (Wildman–Crippen LogP) is 4.31. The lowest BCUT2D eigenvalue weighted by Gasteiger charge is -2.33. The molecule has 2 heterocycles. The Bertz CT molecular complexity index is 839. The first kappa shape index (κ1) is 18.9. The van der Waals surface area contributed by atoms with Gasteiger partial charge in [-0.05, 0) is 25.0 Å². The Kier molecular flexibility index (Phi) is 5.80. The van der Waals surface area contributed by atoms with E-state index < -0.39 is 0 Å². The lowest BCUT2D eigenvalue weighted by molar-refractivity contribution is -0.125. The van der Waals surface area contributed by atoms with E-state index in [0.717, 1.165) is 36.6 Å². The van der Waals surface area contributed by atoms with Crippen molar-refractivity contribution in [3.63, 3.8) is 0 Å². The standard InChI is InChI=1S/C18H20Cl2N4O2S/c19-13-6-7-14(20)15(10-13)26-11-16-21-22-18-24(16)23(8-9-27-18)17(25)12-4-2-1-3-5-12/h6-7,10,12H,1-5,8-9,11H2. The number of aromatic nitrogens is 3. The molecule has 0 spiro atoms. The van der Waals surface area contributed by atoms with Gasteiger partial charge in [0.05, 0.1) is 11.6 Å². The van der Waals surface area contributed by atoms with Crippen molar-refractivity contribution in [3.8, 4) is 5.75 Å². The molecule has 0 radical (unpaired) electrons. The largest absolute Gasteiger partial charge is 0.484 e. The molecule has 0 N–H and O–H groups in total. The highest BCUT2D eigenvalue weighted by Gasteiger charge is 2.32. The summed E-state index contributed by atoms with van der Waals surface area (Å²) in [4.78, 5) is 13.1. The molecule has 0 atom stereocenters. The molecule has 6 nitrogen and oxygen atoms in total. The van der Waals surface area contributed by atoms with Gasteiger partial charge in [-0.15, -0.1) is 10.2 Å². The van der Waals surface area contributed by atoms with Crippen LogP contribution in [-0.2, 0) is 11.4 Å². The van der Waals surface area contributed by atoms with E-state index in [4.69, 9.17) is 27.9 Å². The van der Waals surface area contributed by atoms with Gasteiger partial charge in [0.1, 0.15) is 12.4 Å². The lowest BCUT2D eigenvalue weighted by atomic mass is 9.88. The van der Waals surface area contributed by atoms with Crippen molar-refractivity contribution in [1.29, 1.82) is 0 Å². The summed E-state index contributed by atoms with van der Waals surface area (Å²) < 4.78 is 7.62. The Hall–Kier alpha value is -1.44. The van der Waals surface area contributed by atoms with Crippen LogP contribution in [0.15, 0.2) is 23.4 Å². The summed E-state index contributed by atoms with van der Waals surface area (Å²) >= 11 is 13.8. The molecule has 1 aliphatic heterocycles. The van der Waals surface area contributed by atoms with Gasteiger partial charge >= 0.3 is 0 Å². The van der Waals surface area contributed by atoms with E-state index in [9.17, 15) is 4.79 Å². The number of benzene rings is 1. The van der Waals surface area contributed by atoms with Crippen molar-refractivity contribution < 1.29 is 9.53 Å². The number of thioether (sulfide) groups is 1. The molecule has 9 heteroatoms. The van der Waals surface area contributed by atoms with E-state index in [0.29, 0.717) is 28.2 Å². The van der Waals surface area contributed by atoms with E-state index in [1.165, 1.54) is 6.42 Å². The molecular formula is C18H20Cl2N4O2S. The molecule has 0 saturated heterocycles. The van der Waals surface area contributed by atoms with E-state index in [1.807, 2.05) is 4.68 Å². The van der Waals surface area contributed by atoms with Gasteiger partial charge in [0, 0.05) is 22.8 Å². The SMILES string of the molecule is O=C(C1CCCCC1)N1CCSc2nnc(COc3cc(Cl)ccc3Cl)n21. The third-order valence-electron chi connectivity index (χ3n) is 4.91. The zero-order chi connectivity index (χ0) is 18.8. The third kappa shape index (κ3) is 4.05. The summed E-state index contributed by atoms with van der Waals surface area (Å²) in [5.41, 5.74) is 0. The number of carbonyl (C=O) groups excluding carboxylic acids is 1. The molecule has 0 unspecified atom stereocenters. The zero-order valence-corrected chi connectivity index (χ0v) is 17.1. The average molecular weight is 427 g/mol. The van der Waals surface area contributed by atoms with Crippen LogP contribution in [-0.4, -0.2) is 33.1 Å². The fourth-order valence-electron chi connectivity index (χ4n) is 3.54. The van der Waals surface area contributed by atoms with Crippen LogP contribution in [0.25, 0.3) is 0 Å². The van der Waals surface area contributed by atoms with Crippen molar-refractivity contribution in [2.45, 2.75) is 43.9 Å². The number of amides is 1.